The first kappa shape index (κ1) is 22.2. The smallest absolute Gasteiger partial charge is 0.308 e. The van der Waals surface area contributed by atoms with Crippen LogP contribution in [0.3, 0.4) is 0 Å². The van der Waals surface area contributed by atoms with Crippen molar-refractivity contribution in [2.45, 2.75) is 52.9 Å². The van der Waals surface area contributed by atoms with Gasteiger partial charge in [-0.25, -0.2) is 9.48 Å². The molecule has 0 saturated heterocycles. The van der Waals surface area contributed by atoms with Crippen molar-refractivity contribution < 1.29 is 9.59 Å². The van der Waals surface area contributed by atoms with E-state index in [9.17, 15) is 9.59 Å². The van der Waals surface area contributed by atoms with Gasteiger partial charge in [-0.2, -0.15) is 0 Å². The van der Waals surface area contributed by atoms with E-state index in [1.54, 1.807) is 11.6 Å². The molecular weight excluding hydrogens is 390 g/mol. The second-order valence-electron chi connectivity index (χ2n) is 7.74. The average molecular weight is 420 g/mol. The van der Waals surface area contributed by atoms with E-state index >= 15 is 0 Å². The van der Waals surface area contributed by atoms with Crippen LogP contribution in [-0.2, 0) is 17.6 Å². The summed E-state index contributed by atoms with van der Waals surface area (Å²) < 4.78 is 1.74. The fourth-order valence-electron chi connectivity index (χ4n) is 3.16. The topological polar surface area (TPSA) is 88.9 Å². The molecule has 0 aliphatic carbocycles. The number of rotatable bonds is 9. The van der Waals surface area contributed by atoms with Crippen molar-refractivity contribution in [1.82, 2.24) is 15.0 Å². The highest BCUT2D eigenvalue weighted by Gasteiger charge is 2.08. The van der Waals surface area contributed by atoms with Crippen molar-refractivity contribution in [2.75, 3.05) is 10.6 Å². The maximum atomic E-state index is 12.5. The number of anilines is 2. The maximum Gasteiger partial charge on any atom is 0.323 e. The molecule has 0 spiro atoms. The lowest BCUT2D eigenvalue weighted by Gasteiger charge is -2.12. The highest BCUT2D eigenvalue weighted by Crippen LogP contribution is 2.19. The van der Waals surface area contributed by atoms with Crippen LogP contribution in [0.25, 0.3) is 5.69 Å². The molecule has 31 heavy (non-hydrogen) atoms. The van der Waals surface area contributed by atoms with Gasteiger partial charge in [-0.05, 0) is 74.6 Å². The van der Waals surface area contributed by atoms with Crippen LogP contribution in [0.2, 0.25) is 0 Å². The van der Waals surface area contributed by atoms with Gasteiger partial charge in [0.15, 0.2) is 0 Å². The lowest BCUT2D eigenvalue weighted by Crippen LogP contribution is -2.20. The lowest BCUT2D eigenvalue weighted by atomic mass is 10.0. The molecule has 3 aromatic rings. The van der Waals surface area contributed by atoms with E-state index < -0.39 is 0 Å². The summed E-state index contributed by atoms with van der Waals surface area (Å²) in [6.07, 6.45) is 6.23. The monoisotopic (exact) mass is 419 g/mol. The number of carbonyl (C=O) groups is 2. The normalized spacial score (nSPS) is 10.7. The predicted octanol–water partition coefficient (Wildman–Crippen LogP) is 5.08. The number of hydrogen-bond donors (Lipinski definition) is 2. The van der Waals surface area contributed by atoms with Crippen molar-refractivity contribution in [3.63, 3.8) is 0 Å². The zero-order valence-corrected chi connectivity index (χ0v) is 18.3. The Kier molecular flexibility index (Phi) is 7.54. The van der Waals surface area contributed by atoms with Crippen molar-refractivity contribution in [3.05, 3.63) is 65.5 Å². The Morgan fingerprint density at radius 3 is 2.52 bits per heavy atom. The van der Waals surface area contributed by atoms with Gasteiger partial charge in [0, 0.05) is 17.8 Å². The van der Waals surface area contributed by atoms with Gasteiger partial charge in [0.2, 0.25) is 0 Å². The molecule has 1 aromatic heterocycles. The molecule has 0 unspecified atom stereocenters. The van der Waals surface area contributed by atoms with Crippen molar-refractivity contribution in [1.29, 1.82) is 0 Å². The van der Waals surface area contributed by atoms with Gasteiger partial charge >= 0.3 is 6.03 Å². The number of Topliss-reactive ketones (excluding diaryl/α,β-unsaturated/α-hetero) is 1. The summed E-state index contributed by atoms with van der Waals surface area (Å²) in [4.78, 5) is 23.7. The maximum absolute atomic E-state index is 12.5. The quantitative estimate of drug-likeness (QED) is 0.506. The fraction of sp³-hybridized carbons (Fsp3) is 0.333. The van der Waals surface area contributed by atoms with E-state index in [1.165, 1.54) is 0 Å². The number of nitrogens with one attached hydrogen (secondary N) is 2. The molecule has 0 aliphatic rings. The zero-order chi connectivity index (χ0) is 22.2. The van der Waals surface area contributed by atoms with E-state index in [4.69, 9.17) is 0 Å². The second-order valence-corrected chi connectivity index (χ2v) is 7.74. The Morgan fingerprint density at radius 1 is 1.03 bits per heavy atom. The SMILES string of the molecule is CCCCc1cn(-c2ccc(NC(=O)Nc3cc(CCC(C)=O)ccc3C)cc2)nn1. The van der Waals surface area contributed by atoms with E-state index in [0.29, 0.717) is 18.5 Å². The molecule has 162 valence electrons. The molecule has 3 rings (SSSR count). The minimum atomic E-state index is -0.317. The molecule has 0 bridgehead atoms. The van der Waals surface area contributed by atoms with Crippen LogP contribution in [0.4, 0.5) is 16.2 Å². The first-order chi connectivity index (χ1) is 14.9. The van der Waals surface area contributed by atoms with Crippen LogP contribution >= 0.6 is 0 Å². The van der Waals surface area contributed by atoms with Gasteiger partial charge in [-0.15, -0.1) is 5.10 Å². The van der Waals surface area contributed by atoms with Crippen LogP contribution in [-0.4, -0.2) is 26.8 Å². The van der Waals surface area contributed by atoms with Crippen molar-refractivity contribution in [2.24, 2.45) is 0 Å². The van der Waals surface area contributed by atoms with Gasteiger partial charge in [0.05, 0.1) is 17.6 Å². The van der Waals surface area contributed by atoms with Gasteiger partial charge in [-0.1, -0.05) is 30.7 Å². The third-order valence-electron chi connectivity index (χ3n) is 5.03. The summed E-state index contributed by atoms with van der Waals surface area (Å²) in [5.74, 6) is 0.152. The Morgan fingerprint density at radius 2 is 1.81 bits per heavy atom. The number of aromatic nitrogens is 3. The highest BCUT2D eigenvalue weighted by atomic mass is 16.2. The number of ketones is 1. The fourth-order valence-corrected chi connectivity index (χ4v) is 3.16. The van der Waals surface area contributed by atoms with E-state index in [-0.39, 0.29) is 11.8 Å². The van der Waals surface area contributed by atoms with Crippen LogP contribution in [0, 0.1) is 6.92 Å². The standard InChI is InChI=1S/C24H29N5O2/c1-4-5-6-21-16-29(28-27-21)22-13-11-20(12-14-22)25-24(31)26-23-15-19(9-7-17(23)2)10-8-18(3)30/h7,9,11-16H,4-6,8,10H2,1-3H3,(H2,25,26,31). The summed E-state index contributed by atoms with van der Waals surface area (Å²) in [6, 6.07) is 13.0. The summed E-state index contributed by atoms with van der Waals surface area (Å²) in [7, 11) is 0. The number of unbranched alkanes of at least 4 members (excludes halogenated alkanes) is 1. The first-order valence-corrected chi connectivity index (χ1v) is 10.6. The number of carbonyl (C=O) groups excluding carboxylic acids is 2. The van der Waals surface area contributed by atoms with Crippen LogP contribution in [0.15, 0.2) is 48.7 Å². The van der Waals surface area contributed by atoms with Gasteiger partial charge in [-0.3, -0.25) is 0 Å². The molecule has 1 heterocycles. The average Bonchev–Trinajstić information content (AvgIpc) is 3.22. The Labute approximate surface area is 182 Å². The largest absolute Gasteiger partial charge is 0.323 e. The van der Waals surface area contributed by atoms with E-state index in [0.717, 1.165) is 47.5 Å². The Hall–Kier alpha value is -3.48. The minimum absolute atomic E-state index is 0.152. The third-order valence-corrected chi connectivity index (χ3v) is 5.03. The van der Waals surface area contributed by atoms with Crippen LogP contribution < -0.4 is 10.6 Å². The number of hydrogen-bond acceptors (Lipinski definition) is 4. The summed E-state index contributed by atoms with van der Waals surface area (Å²) in [6.45, 7) is 5.67. The zero-order valence-electron chi connectivity index (χ0n) is 18.3. The van der Waals surface area contributed by atoms with Gasteiger partial charge in [0.25, 0.3) is 0 Å². The number of benzene rings is 2. The molecule has 0 atom stereocenters. The third kappa shape index (κ3) is 6.50. The molecular formula is C24H29N5O2. The summed E-state index contributed by atoms with van der Waals surface area (Å²) >= 11 is 0. The summed E-state index contributed by atoms with van der Waals surface area (Å²) in [5.41, 5.74) is 5.25. The van der Waals surface area contributed by atoms with Gasteiger partial charge < -0.3 is 15.4 Å². The van der Waals surface area contributed by atoms with Crippen molar-refractivity contribution in [3.8, 4) is 5.69 Å². The number of nitrogens with zero attached hydrogens (tertiary/aromatic N) is 3. The second kappa shape index (κ2) is 10.5. The first-order valence-electron chi connectivity index (χ1n) is 10.6. The number of urea groups is 1. The van der Waals surface area contributed by atoms with Gasteiger partial charge in [0.1, 0.15) is 5.78 Å². The molecule has 0 fully saturated rings. The van der Waals surface area contributed by atoms with Crippen molar-refractivity contribution >= 4 is 23.2 Å². The Balaban J connectivity index is 1.60. The molecule has 0 saturated carbocycles. The molecule has 2 aromatic carbocycles. The van der Waals surface area contributed by atoms with E-state index in [1.807, 2.05) is 55.6 Å². The molecule has 2 amide bonds. The van der Waals surface area contributed by atoms with E-state index in [2.05, 4.69) is 27.9 Å². The molecule has 7 heteroatoms. The number of aryl methyl sites for hydroxylation is 3. The predicted molar refractivity (Wildman–Crippen MR) is 123 cm³/mol. The Bertz CT molecular complexity index is 1040. The van der Waals surface area contributed by atoms with Crippen LogP contribution in [0.5, 0.6) is 0 Å². The molecule has 0 aliphatic heterocycles. The summed E-state index contributed by atoms with van der Waals surface area (Å²) in [5, 5.41) is 14.1. The highest BCUT2D eigenvalue weighted by molar-refractivity contribution is 6.00. The minimum Gasteiger partial charge on any atom is -0.308 e. The molecule has 2 N–H and O–H groups in total. The molecule has 0 radical (unpaired) electrons. The number of amides is 2. The molecule has 7 nitrogen and oxygen atoms in total. The lowest BCUT2D eigenvalue weighted by molar-refractivity contribution is -0.116. The van der Waals surface area contributed by atoms with Crippen LogP contribution in [0.1, 0.15) is 49.9 Å².